The summed E-state index contributed by atoms with van der Waals surface area (Å²) < 4.78 is 4.93. The Morgan fingerprint density at radius 1 is 1.50 bits per heavy atom. The second-order valence-electron chi connectivity index (χ2n) is 3.90. The monoisotopic (exact) mass is 274 g/mol. The number of likely N-dealkylation sites (N-methyl/N-ethyl adjacent to an activating group) is 1. The quantitative estimate of drug-likeness (QED) is 0.716. The highest BCUT2D eigenvalue weighted by Crippen LogP contribution is 2.20. The van der Waals surface area contributed by atoms with Gasteiger partial charge in [-0.15, -0.1) is 11.3 Å². The van der Waals surface area contributed by atoms with Crippen LogP contribution in [0.4, 0.5) is 0 Å². The minimum atomic E-state index is -0.963. The molecule has 0 saturated carbocycles. The lowest BCUT2D eigenvalue weighted by molar-refractivity contribution is 0.0697. The molecule has 6 nitrogen and oxygen atoms in total. The van der Waals surface area contributed by atoms with E-state index >= 15 is 0 Å². The summed E-state index contributed by atoms with van der Waals surface area (Å²) in [4.78, 5) is 17.5. The van der Waals surface area contributed by atoms with Crippen molar-refractivity contribution in [2.24, 2.45) is 0 Å². The van der Waals surface area contributed by atoms with Gasteiger partial charge in [0.15, 0.2) is 0 Å². The summed E-state index contributed by atoms with van der Waals surface area (Å²) in [5.74, 6) is -0.963. The standard InChI is InChI=1S/C11H18N2O4S/c1-13(5-6-14)4-3-9-12-8(7-17-2)10(18-9)11(15)16/h14H,3-7H2,1-2H3,(H,15,16). The molecule has 0 saturated heterocycles. The molecule has 1 aromatic heterocycles. The number of aromatic carboxylic acids is 1. The van der Waals surface area contributed by atoms with Gasteiger partial charge in [-0.1, -0.05) is 0 Å². The molecule has 18 heavy (non-hydrogen) atoms. The molecule has 1 aromatic rings. The van der Waals surface area contributed by atoms with Crippen LogP contribution >= 0.6 is 11.3 Å². The molecule has 0 amide bonds. The van der Waals surface area contributed by atoms with Crippen LogP contribution in [-0.4, -0.2) is 59.9 Å². The van der Waals surface area contributed by atoms with Gasteiger partial charge in [0.25, 0.3) is 0 Å². The van der Waals surface area contributed by atoms with Gasteiger partial charge in [-0.2, -0.15) is 0 Å². The molecule has 0 aliphatic heterocycles. The predicted octanol–water partition coefficient (Wildman–Crippen LogP) is 0.454. The average Bonchev–Trinajstić information content (AvgIpc) is 2.71. The van der Waals surface area contributed by atoms with Crippen LogP contribution in [-0.2, 0) is 17.8 Å². The Kier molecular flexibility index (Phi) is 6.20. The molecule has 1 heterocycles. The van der Waals surface area contributed by atoms with Gasteiger partial charge in [-0.05, 0) is 7.05 Å². The summed E-state index contributed by atoms with van der Waals surface area (Å²) in [6, 6.07) is 0. The number of thiazole rings is 1. The van der Waals surface area contributed by atoms with Gasteiger partial charge in [0.05, 0.1) is 23.9 Å². The molecule has 0 radical (unpaired) electrons. The fourth-order valence-electron chi connectivity index (χ4n) is 1.48. The molecular weight excluding hydrogens is 256 g/mol. The van der Waals surface area contributed by atoms with Crippen molar-refractivity contribution in [1.29, 1.82) is 0 Å². The van der Waals surface area contributed by atoms with E-state index in [-0.39, 0.29) is 18.1 Å². The third kappa shape index (κ3) is 4.34. The van der Waals surface area contributed by atoms with Crippen LogP contribution < -0.4 is 0 Å². The maximum atomic E-state index is 11.0. The second kappa shape index (κ2) is 7.42. The first-order valence-corrected chi connectivity index (χ1v) is 6.40. The minimum Gasteiger partial charge on any atom is -0.477 e. The van der Waals surface area contributed by atoms with E-state index < -0.39 is 5.97 Å². The van der Waals surface area contributed by atoms with Crippen molar-refractivity contribution in [3.63, 3.8) is 0 Å². The van der Waals surface area contributed by atoms with Crippen molar-refractivity contribution in [2.75, 3.05) is 33.9 Å². The van der Waals surface area contributed by atoms with Crippen LogP contribution in [0.2, 0.25) is 0 Å². The highest BCUT2D eigenvalue weighted by atomic mass is 32.1. The predicted molar refractivity (Wildman–Crippen MR) is 68.1 cm³/mol. The summed E-state index contributed by atoms with van der Waals surface area (Å²) in [7, 11) is 3.41. The number of hydrogen-bond acceptors (Lipinski definition) is 6. The summed E-state index contributed by atoms with van der Waals surface area (Å²) in [5.41, 5.74) is 0.481. The van der Waals surface area contributed by atoms with Gasteiger partial charge in [-0.25, -0.2) is 9.78 Å². The third-order valence-corrected chi connectivity index (χ3v) is 3.55. The van der Waals surface area contributed by atoms with Crippen LogP contribution in [0.1, 0.15) is 20.4 Å². The molecule has 0 aromatic carbocycles. The SMILES string of the molecule is COCc1nc(CCN(C)CCO)sc1C(=O)O. The number of methoxy groups -OCH3 is 1. The molecule has 0 bridgehead atoms. The number of nitrogens with zero attached hydrogens (tertiary/aromatic N) is 2. The van der Waals surface area contributed by atoms with E-state index in [0.29, 0.717) is 18.7 Å². The number of hydrogen-bond donors (Lipinski definition) is 2. The van der Waals surface area contributed by atoms with Crippen LogP contribution in [0, 0.1) is 0 Å². The summed E-state index contributed by atoms with van der Waals surface area (Å²) in [6.45, 7) is 1.66. The largest absolute Gasteiger partial charge is 0.477 e. The third-order valence-electron chi connectivity index (χ3n) is 2.41. The van der Waals surface area contributed by atoms with E-state index in [4.69, 9.17) is 14.9 Å². The Bertz CT molecular complexity index is 394. The molecule has 2 N–H and O–H groups in total. The number of rotatable bonds is 8. The Morgan fingerprint density at radius 2 is 2.22 bits per heavy atom. The zero-order valence-electron chi connectivity index (χ0n) is 10.5. The molecule has 1 rings (SSSR count). The number of carboxylic acids is 1. The zero-order valence-corrected chi connectivity index (χ0v) is 11.4. The molecular formula is C11H18N2O4S. The summed E-state index contributed by atoms with van der Waals surface area (Å²) >= 11 is 1.19. The Hall–Kier alpha value is -1.02. The number of aliphatic hydroxyl groups excluding tert-OH is 1. The number of ether oxygens (including phenoxy) is 1. The van der Waals surface area contributed by atoms with Gasteiger partial charge in [0.1, 0.15) is 4.88 Å². The van der Waals surface area contributed by atoms with E-state index in [9.17, 15) is 4.79 Å². The topological polar surface area (TPSA) is 82.9 Å². The average molecular weight is 274 g/mol. The fraction of sp³-hybridized carbons (Fsp3) is 0.636. The lowest BCUT2D eigenvalue weighted by Crippen LogP contribution is -2.24. The molecule has 7 heteroatoms. The summed E-state index contributed by atoms with van der Waals surface area (Å²) in [5, 5.41) is 18.6. The van der Waals surface area contributed by atoms with E-state index in [0.717, 1.165) is 11.6 Å². The molecule has 0 aliphatic rings. The highest BCUT2D eigenvalue weighted by molar-refractivity contribution is 7.13. The van der Waals surface area contributed by atoms with Crippen molar-refractivity contribution in [1.82, 2.24) is 9.88 Å². The lowest BCUT2D eigenvalue weighted by atomic mass is 10.3. The number of carbonyl (C=O) groups is 1. The number of aliphatic hydroxyl groups is 1. The van der Waals surface area contributed by atoms with Crippen LogP contribution in [0.25, 0.3) is 0 Å². The molecule has 0 aliphatic carbocycles. The molecule has 0 unspecified atom stereocenters. The molecule has 0 spiro atoms. The van der Waals surface area contributed by atoms with Crippen molar-refractivity contribution >= 4 is 17.3 Å². The van der Waals surface area contributed by atoms with Gasteiger partial charge < -0.3 is 19.8 Å². The van der Waals surface area contributed by atoms with Crippen molar-refractivity contribution in [3.05, 3.63) is 15.6 Å². The van der Waals surface area contributed by atoms with Crippen molar-refractivity contribution in [3.8, 4) is 0 Å². The molecule has 102 valence electrons. The maximum Gasteiger partial charge on any atom is 0.347 e. The van der Waals surface area contributed by atoms with Crippen LogP contribution in [0.15, 0.2) is 0 Å². The minimum absolute atomic E-state index is 0.115. The number of carboxylic acid groups (broad SMARTS) is 1. The van der Waals surface area contributed by atoms with E-state index in [2.05, 4.69) is 4.98 Å². The maximum absolute atomic E-state index is 11.0. The van der Waals surface area contributed by atoms with Crippen molar-refractivity contribution in [2.45, 2.75) is 13.0 Å². The second-order valence-corrected chi connectivity index (χ2v) is 4.98. The first kappa shape index (κ1) is 15.0. The van der Waals surface area contributed by atoms with Gasteiger partial charge >= 0.3 is 5.97 Å². The van der Waals surface area contributed by atoms with E-state index in [1.54, 1.807) is 0 Å². The first-order chi connectivity index (χ1) is 8.58. The van der Waals surface area contributed by atoms with Gasteiger partial charge in [0.2, 0.25) is 0 Å². The summed E-state index contributed by atoms with van der Waals surface area (Å²) in [6.07, 6.45) is 0.672. The van der Waals surface area contributed by atoms with Crippen LogP contribution in [0.5, 0.6) is 0 Å². The normalized spacial score (nSPS) is 11.1. The Labute approximate surface area is 110 Å². The highest BCUT2D eigenvalue weighted by Gasteiger charge is 2.17. The van der Waals surface area contributed by atoms with E-state index in [1.165, 1.54) is 18.4 Å². The number of aromatic nitrogens is 1. The lowest BCUT2D eigenvalue weighted by Gasteiger charge is -2.13. The molecule has 0 fully saturated rings. The van der Waals surface area contributed by atoms with Crippen LogP contribution in [0.3, 0.4) is 0 Å². The fourth-order valence-corrected chi connectivity index (χ4v) is 2.37. The zero-order chi connectivity index (χ0) is 13.5. The van der Waals surface area contributed by atoms with Gasteiger partial charge in [-0.3, -0.25) is 0 Å². The van der Waals surface area contributed by atoms with Gasteiger partial charge in [0, 0.05) is 26.6 Å². The van der Waals surface area contributed by atoms with Crippen molar-refractivity contribution < 1.29 is 19.7 Å². The first-order valence-electron chi connectivity index (χ1n) is 5.58. The molecule has 0 atom stereocenters. The smallest absolute Gasteiger partial charge is 0.347 e. The Balaban J connectivity index is 2.66. The Morgan fingerprint density at radius 3 is 2.78 bits per heavy atom. The van der Waals surface area contributed by atoms with E-state index in [1.807, 2.05) is 11.9 Å².